The van der Waals surface area contributed by atoms with Gasteiger partial charge in [-0.3, -0.25) is 4.79 Å². The number of benzene rings is 1. The first kappa shape index (κ1) is 21.1. The second-order valence-corrected chi connectivity index (χ2v) is 9.09. The molecule has 160 valence electrons. The fourth-order valence-corrected chi connectivity index (χ4v) is 5.09. The normalized spacial score (nSPS) is 25.8. The molecule has 1 N–H and O–H groups in total. The number of likely N-dealkylation sites (tertiary alicyclic amines) is 1. The Bertz CT molecular complexity index is 818. The lowest BCUT2D eigenvalue weighted by atomic mass is 9.98. The van der Waals surface area contributed by atoms with E-state index >= 15 is 0 Å². The maximum absolute atomic E-state index is 12.0. The van der Waals surface area contributed by atoms with Crippen LogP contribution in [0.5, 0.6) is 5.75 Å². The molecular formula is C24H30N2O3S. The standard InChI is InChI=1S/C24H30N2O3S/c1-2-28-23(27)19-6-5-14-26(17-19)15-13-18-9-11-21(12-10-18)29-24-25-20-7-3-4-8-22(16-20)30-24/h3-4,7-12,16,19,22,24-25H,2,5-6,13-15,17H2,1H3. The Morgan fingerprint density at radius 2 is 2.13 bits per heavy atom. The van der Waals surface area contributed by atoms with Crippen molar-refractivity contribution in [2.75, 3.05) is 26.2 Å². The highest BCUT2D eigenvalue weighted by atomic mass is 32.2. The van der Waals surface area contributed by atoms with E-state index in [4.69, 9.17) is 9.47 Å². The lowest BCUT2D eigenvalue weighted by Gasteiger charge is -2.31. The molecule has 1 aromatic carbocycles. The van der Waals surface area contributed by atoms with E-state index in [1.165, 1.54) is 5.56 Å². The van der Waals surface area contributed by atoms with Crippen molar-refractivity contribution in [1.29, 1.82) is 0 Å². The number of hydrogen-bond donors (Lipinski definition) is 1. The molecule has 6 heteroatoms. The first-order valence-electron chi connectivity index (χ1n) is 10.8. The molecule has 0 radical (unpaired) electrons. The summed E-state index contributed by atoms with van der Waals surface area (Å²) in [5, 5.41) is 3.75. The van der Waals surface area contributed by atoms with Crippen molar-refractivity contribution in [2.24, 2.45) is 5.92 Å². The molecule has 1 fully saturated rings. The molecule has 3 unspecified atom stereocenters. The molecule has 3 atom stereocenters. The number of carbonyl (C=O) groups excluding carboxylic acids is 1. The van der Waals surface area contributed by atoms with Crippen LogP contribution in [-0.4, -0.2) is 47.9 Å². The number of thioether (sulfide) groups is 1. The molecule has 0 aromatic heterocycles. The molecule has 5 nitrogen and oxygen atoms in total. The Morgan fingerprint density at radius 1 is 1.27 bits per heavy atom. The van der Waals surface area contributed by atoms with E-state index in [2.05, 4.69) is 46.7 Å². The van der Waals surface area contributed by atoms with Gasteiger partial charge in [-0.15, -0.1) is 0 Å². The van der Waals surface area contributed by atoms with Gasteiger partial charge >= 0.3 is 5.97 Å². The first-order chi connectivity index (χ1) is 14.7. The Morgan fingerprint density at radius 3 is 2.97 bits per heavy atom. The predicted molar refractivity (Wildman–Crippen MR) is 121 cm³/mol. The third kappa shape index (κ3) is 5.70. The zero-order valence-corrected chi connectivity index (χ0v) is 18.3. The third-order valence-electron chi connectivity index (χ3n) is 5.61. The van der Waals surface area contributed by atoms with Crippen molar-refractivity contribution in [2.45, 2.75) is 37.0 Å². The van der Waals surface area contributed by atoms with E-state index in [0.29, 0.717) is 11.9 Å². The van der Waals surface area contributed by atoms with Gasteiger partial charge in [0.05, 0.1) is 12.5 Å². The molecule has 1 saturated heterocycles. The fourth-order valence-electron chi connectivity index (χ4n) is 4.03. The van der Waals surface area contributed by atoms with Crippen molar-refractivity contribution in [3.05, 3.63) is 65.9 Å². The van der Waals surface area contributed by atoms with Crippen molar-refractivity contribution in [1.82, 2.24) is 10.2 Å². The number of carbonyl (C=O) groups is 1. The van der Waals surface area contributed by atoms with Crippen LogP contribution in [0.15, 0.2) is 60.3 Å². The van der Waals surface area contributed by atoms with Crippen LogP contribution in [0, 0.1) is 5.92 Å². The van der Waals surface area contributed by atoms with Crippen LogP contribution in [0.2, 0.25) is 0 Å². The van der Waals surface area contributed by atoms with Crippen LogP contribution in [0.3, 0.4) is 0 Å². The summed E-state index contributed by atoms with van der Waals surface area (Å²) < 4.78 is 11.3. The molecule has 2 bridgehead atoms. The zero-order valence-electron chi connectivity index (χ0n) is 17.5. The molecule has 30 heavy (non-hydrogen) atoms. The summed E-state index contributed by atoms with van der Waals surface area (Å²) in [6.45, 7) is 5.16. The molecule has 2 heterocycles. The van der Waals surface area contributed by atoms with Gasteiger partial charge in [-0.1, -0.05) is 42.1 Å². The van der Waals surface area contributed by atoms with Gasteiger partial charge in [-0.2, -0.15) is 0 Å². The summed E-state index contributed by atoms with van der Waals surface area (Å²) in [7, 11) is 0. The molecule has 0 amide bonds. The highest BCUT2D eigenvalue weighted by Crippen LogP contribution is 2.29. The summed E-state index contributed by atoms with van der Waals surface area (Å²) in [4.78, 5) is 14.4. The summed E-state index contributed by atoms with van der Waals surface area (Å²) in [5.74, 6) is 0.856. The molecule has 2 aliphatic heterocycles. The molecular weight excluding hydrogens is 396 g/mol. The number of piperidine rings is 1. The van der Waals surface area contributed by atoms with Gasteiger partial charge in [-0.05, 0) is 62.6 Å². The number of rotatable bonds is 7. The Balaban J connectivity index is 1.25. The van der Waals surface area contributed by atoms with Gasteiger partial charge in [-0.25, -0.2) is 0 Å². The lowest BCUT2D eigenvalue weighted by molar-refractivity contribution is -0.149. The van der Waals surface area contributed by atoms with Crippen LogP contribution in [-0.2, 0) is 16.0 Å². The molecule has 1 aromatic rings. The maximum Gasteiger partial charge on any atom is 0.310 e. The van der Waals surface area contributed by atoms with Gasteiger partial charge in [0.1, 0.15) is 5.75 Å². The smallest absolute Gasteiger partial charge is 0.310 e. The van der Waals surface area contributed by atoms with Crippen LogP contribution in [0.1, 0.15) is 25.3 Å². The summed E-state index contributed by atoms with van der Waals surface area (Å²) >= 11 is 1.75. The van der Waals surface area contributed by atoms with Crippen LogP contribution >= 0.6 is 11.8 Å². The molecule has 3 aliphatic rings. The van der Waals surface area contributed by atoms with Crippen molar-refractivity contribution in [3.8, 4) is 5.75 Å². The fraction of sp³-hybridized carbons (Fsp3) is 0.458. The van der Waals surface area contributed by atoms with Crippen molar-refractivity contribution >= 4 is 17.7 Å². The largest absolute Gasteiger partial charge is 0.466 e. The molecule has 4 rings (SSSR count). The number of nitrogens with zero attached hydrogens (tertiary/aromatic N) is 1. The molecule has 0 spiro atoms. The summed E-state index contributed by atoms with van der Waals surface area (Å²) in [6.07, 6.45) is 13.6. The monoisotopic (exact) mass is 426 g/mol. The number of hydrogen-bond acceptors (Lipinski definition) is 6. The maximum atomic E-state index is 12.0. The van der Waals surface area contributed by atoms with E-state index in [0.717, 1.165) is 50.3 Å². The summed E-state index contributed by atoms with van der Waals surface area (Å²) in [5.41, 5.74) is 2.29. The Kier molecular flexibility index (Phi) is 7.18. The van der Waals surface area contributed by atoms with Crippen molar-refractivity contribution in [3.63, 3.8) is 0 Å². The van der Waals surface area contributed by atoms with Gasteiger partial charge in [0.25, 0.3) is 0 Å². The Hall–Kier alpha value is -2.18. The van der Waals surface area contributed by atoms with Gasteiger partial charge in [0.2, 0.25) is 5.56 Å². The van der Waals surface area contributed by atoms with Crippen LogP contribution in [0.25, 0.3) is 0 Å². The van der Waals surface area contributed by atoms with Gasteiger partial charge in [0, 0.05) is 24.0 Å². The van der Waals surface area contributed by atoms with Crippen molar-refractivity contribution < 1.29 is 14.3 Å². The van der Waals surface area contributed by atoms with Crippen LogP contribution < -0.4 is 10.1 Å². The lowest BCUT2D eigenvalue weighted by Crippen LogP contribution is -2.40. The molecule has 1 aliphatic carbocycles. The minimum Gasteiger partial charge on any atom is -0.466 e. The summed E-state index contributed by atoms with van der Waals surface area (Å²) in [6, 6.07) is 8.38. The number of allylic oxidation sites excluding steroid dienone is 3. The third-order valence-corrected chi connectivity index (χ3v) is 6.67. The average molecular weight is 427 g/mol. The van der Waals surface area contributed by atoms with E-state index in [-0.39, 0.29) is 17.4 Å². The van der Waals surface area contributed by atoms with Crippen LogP contribution in [0.4, 0.5) is 0 Å². The predicted octanol–water partition coefficient (Wildman–Crippen LogP) is 3.88. The SMILES string of the molecule is CCOC(=O)C1CCCN(CCc2ccc(OC3NC4=CC(C=CC=C4)S3)cc2)C1. The van der Waals surface area contributed by atoms with E-state index in [9.17, 15) is 4.79 Å². The van der Waals surface area contributed by atoms with E-state index in [1.807, 2.05) is 25.1 Å². The average Bonchev–Trinajstić information content (AvgIpc) is 2.93. The zero-order chi connectivity index (χ0) is 20.8. The molecule has 0 saturated carbocycles. The van der Waals surface area contributed by atoms with Gasteiger partial charge in [0.15, 0.2) is 0 Å². The van der Waals surface area contributed by atoms with E-state index < -0.39 is 0 Å². The highest BCUT2D eigenvalue weighted by molar-refractivity contribution is 8.00. The number of fused-ring (bicyclic) bond motifs is 1. The van der Waals surface area contributed by atoms with E-state index in [1.54, 1.807) is 11.8 Å². The second kappa shape index (κ2) is 10.2. The number of nitrogens with one attached hydrogen (secondary N) is 1. The minimum absolute atomic E-state index is 0.0264. The number of ether oxygens (including phenoxy) is 2. The first-order valence-corrected chi connectivity index (χ1v) is 11.8. The minimum atomic E-state index is -0.0959. The highest BCUT2D eigenvalue weighted by Gasteiger charge is 2.26. The van der Waals surface area contributed by atoms with Gasteiger partial charge < -0.3 is 19.7 Å². The quantitative estimate of drug-likeness (QED) is 0.668. The number of esters is 1. The topological polar surface area (TPSA) is 50.8 Å². The Labute approximate surface area is 183 Å². The second-order valence-electron chi connectivity index (χ2n) is 7.85.